The molecular weight excluding hydrogens is 207 g/mol. The number of nitrogens with one attached hydrogen (secondary N) is 1. The van der Waals surface area contributed by atoms with E-state index in [-0.39, 0.29) is 0 Å². The van der Waals surface area contributed by atoms with Gasteiger partial charge in [-0.25, -0.2) is 13.1 Å². The third-order valence-corrected chi connectivity index (χ3v) is 3.18. The van der Waals surface area contributed by atoms with Gasteiger partial charge in [0.25, 0.3) is 0 Å². The first kappa shape index (κ1) is 12.7. The monoisotopic (exact) mass is 219 g/mol. The molecule has 0 aliphatic heterocycles. The summed E-state index contributed by atoms with van der Waals surface area (Å²) >= 11 is 0. The summed E-state index contributed by atoms with van der Waals surface area (Å²) in [6, 6.07) is 0. The predicted molar refractivity (Wildman–Crippen MR) is 42.7 cm³/mol. The first-order valence-corrected chi connectivity index (χ1v) is 5.25. The fourth-order valence-corrected chi connectivity index (χ4v) is 1.22. The second-order valence-electron chi connectivity index (χ2n) is 2.85. The van der Waals surface area contributed by atoms with Gasteiger partial charge in [-0.05, 0) is 13.8 Å². The maximum Gasteiger partial charge on any atom is 0.390 e. The van der Waals surface area contributed by atoms with Gasteiger partial charge in [0.2, 0.25) is 10.0 Å². The van der Waals surface area contributed by atoms with Crippen LogP contribution >= 0.6 is 0 Å². The Kier molecular flexibility index (Phi) is 4.18. The summed E-state index contributed by atoms with van der Waals surface area (Å²) in [5, 5.41) is -0.708. The molecule has 1 N–H and O–H groups in total. The van der Waals surface area contributed by atoms with E-state index >= 15 is 0 Å². The average molecular weight is 219 g/mol. The third kappa shape index (κ3) is 5.87. The fraction of sp³-hybridized carbons (Fsp3) is 1.00. The number of hydrogen-bond acceptors (Lipinski definition) is 2. The van der Waals surface area contributed by atoms with Crippen molar-refractivity contribution in [2.45, 2.75) is 31.7 Å². The molecule has 0 aromatic carbocycles. The van der Waals surface area contributed by atoms with Gasteiger partial charge in [0.05, 0.1) is 11.7 Å². The highest BCUT2D eigenvalue weighted by atomic mass is 32.2. The van der Waals surface area contributed by atoms with Crippen LogP contribution < -0.4 is 4.72 Å². The Morgan fingerprint density at radius 1 is 1.31 bits per heavy atom. The molecule has 3 nitrogen and oxygen atoms in total. The Balaban J connectivity index is 3.92. The van der Waals surface area contributed by atoms with E-state index in [1.165, 1.54) is 13.8 Å². The zero-order chi connectivity index (χ0) is 10.7. The Labute approximate surface area is 75.4 Å². The van der Waals surface area contributed by atoms with E-state index < -0.39 is 34.4 Å². The molecule has 80 valence electrons. The van der Waals surface area contributed by atoms with Crippen molar-refractivity contribution in [3.63, 3.8) is 0 Å². The van der Waals surface area contributed by atoms with E-state index in [1.54, 1.807) is 0 Å². The van der Waals surface area contributed by atoms with Crippen LogP contribution in [0.4, 0.5) is 13.2 Å². The lowest BCUT2D eigenvalue weighted by atomic mass is 10.4. The van der Waals surface area contributed by atoms with E-state index in [2.05, 4.69) is 0 Å². The molecule has 0 aliphatic rings. The zero-order valence-corrected chi connectivity index (χ0v) is 8.17. The van der Waals surface area contributed by atoms with Gasteiger partial charge < -0.3 is 0 Å². The van der Waals surface area contributed by atoms with Gasteiger partial charge in [-0.15, -0.1) is 0 Å². The van der Waals surface area contributed by atoms with Crippen LogP contribution in [0.1, 0.15) is 20.3 Å². The lowest BCUT2D eigenvalue weighted by Crippen LogP contribution is -2.33. The summed E-state index contributed by atoms with van der Waals surface area (Å²) < 4.78 is 58.5. The molecule has 0 amide bonds. The molecule has 13 heavy (non-hydrogen) atoms. The van der Waals surface area contributed by atoms with Crippen molar-refractivity contribution in [3.05, 3.63) is 0 Å². The summed E-state index contributed by atoms with van der Waals surface area (Å²) in [5.74, 6) is 0. The van der Waals surface area contributed by atoms with Crippen LogP contribution in [0.15, 0.2) is 0 Å². The van der Waals surface area contributed by atoms with Crippen LogP contribution in [0.3, 0.4) is 0 Å². The lowest BCUT2D eigenvalue weighted by Gasteiger charge is -2.10. The SMILES string of the molecule is CC(C)S(=O)(=O)NCCC(F)(F)F. The van der Waals surface area contributed by atoms with Crippen LogP contribution in [-0.4, -0.2) is 26.4 Å². The minimum atomic E-state index is -4.32. The van der Waals surface area contributed by atoms with Crippen molar-refractivity contribution in [2.75, 3.05) is 6.54 Å². The topological polar surface area (TPSA) is 46.2 Å². The molecule has 0 aromatic heterocycles. The molecule has 0 aromatic rings. The second kappa shape index (κ2) is 4.28. The maximum atomic E-state index is 11.6. The molecule has 0 rings (SSSR count). The van der Waals surface area contributed by atoms with Gasteiger partial charge >= 0.3 is 6.18 Å². The Hall–Kier alpha value is -0.300. The van der Waals surface area contributed by atoms with Crippen LogP contribution in [0.2, 0.25) is 0 Å². The molecule has 7 heteroatoms. The van der Waals surface area contributed by atoms with Crippen molar-refractivity contribution in [1.29, 1.82) is 0 Å². The van der Waals surface area contributed by atoms with Crippen molar-refractivity contribution < 1.29 is 21.6 Å². The predicted octanol–water partition coefficient (Wildman–Crippen LogP) is 1.27. The number of rotatable bonds is 4. The van der Waals surface area contributed by atoms with Crippen molar-refractivity contribution >= 4 is 10.0 Å². The molecule has 0 heterocycles. The number of halogens is 3. The standard InChI is InChI=1S/C6H12F3NO2S/c1-5(2)13(11,12)10-4-3-6(7,8)9/h5,10H,3-4H2,1-2H3. The van der Waals surface area contributed by atoms with Crippen LogP contribution in [0.5, 0.6) is 0 Å². The highest BCUT2D eigenvalue weighted by Crippen LogP contribution is 2.18. The van der Waals surface area contributed by atoms with E-state index in [0.717, 1.165) is 0 Å². The van der Waals surface area contributed by atoms with Gasteiger partial charge in [-0.3, -0.25) is 0 Å². The number of sulfonamides is 1. The van der Waals surface area contributed by atoms with E-state index in [1.807, 2.05) is 4.72 Å². The number of alkyl halides is 3. The average Bonchev–Trinajstić information content (AvgIpc) is 1.82. The van der Waals surface area contributed by atoms with Gasteiger partial charge in [0.15, 0.2) is 0 Å². The minimum absolute atomic E-state index is 0.593. The Morgan fingerprint density at radius 3 is 2.08 bits per heavy atom. The molecule has 0 saturated heterocycles. The fourth-order valence-electron chi connectivity index (χ4n) is 0.502. The normalized spacial score (nSPS) is 13.7. The smallest absolute Gasteiger partial charge is 0.215 e. The van der Waals surface area contributed by atoms with Gasteiger partial charge in [0.1, 0.15) is 0 Å². The summed E-state index contributed by atoms with van der Waals surface area (Å²) in [7, 11) is -3.57. The van der Waals surface area contributed by atoms with Gasteiger partial charge in [-0.1, -0.05) is 0 Å². The number of hydrogen-bond donors (Lipinski definition) is 1. The minimum Gasteiger partial charge on any atom is -0.215 e. The van der Waals surface area contributed by atoms with Crippen LogP contribution in [-0.2, 0) is 10.0 Å². The highest BCUT2D eigenvalue weighted by Gasteiger charge is 2.27. The highest BCUT2D eigenvalue weighted by molar-refractivity contribution is 7.90. The first-order chi connectivity index (χ1) is 5.65. The Morgan fingerprint density at radius 2 is 1.77 bits per heavy atom. The molecule has 0 saturated carbocycles. The molecule has 0 bridgehead atoms. The molecule has 0 unspecified atom stereocenters. The molecule has 0 radical (unpaired) electrons. The van der Waals surface area contributed by atoms with E-state index in [9.17, 15) is 21.6 Å². The third-order valence-electron chi connectivity index (χ3n) is 1.33. The maximum absolute atomic E-state index is 11.6. The molecule has 0 aliphatic carbocycles. The van der Waals surface area contributed by atoms with Crippen LogP contribution in [0.25, 0.3) is 0 Å². The second-order valence-corrected chi connectivity index (χ2v) is 5.17. The molecule has 0 spiro atoms. The summed E-state index contributed by atoms with van der Waals surface area (Å²) in [5.41, 5.74) is 0. The Bertz CT molecular complexity index is 245. The van der Waals surface area contributed by atoms with E-state index in [4.69, 9.17) is 0 Å². The van der Waals surface area contributed by atoms with Crippen LogP contribution in [0, 0.1) is 0 Å². The molecule has 0 fully saturated rings. The van der Waals surface area contributed by atoms with Crippen molar-refractivity contribution in [3.8, 4) is 0 Å². The zero-order valence-electron chi connectivity index (χ0n) is 7.35. The van der Waals surface area contributed by atoms with Crippen molar-refractivity contribution in [2.24, 2.45) is 0 Å². The summed E-state index contributed by atoms with van der Waals surface area (Å²) in [4.78, 5) is 0. The first-order valence-electron chi connectivity index (χ1n) is 3.70. The van der Waals surface area contributed by atoms with Crippen molar-refractivity contribution in [1.82, 2.24) is 4.72 Å². The van der Waals surface area contributed by atoms with Gasteiger partial charge in [0, 0.05) is 6.54 Å². The molecular formula is C6H12F3NO2S. The lowest BCUT2D eigenvalue weighted by molar-refractivity contribution is -0.132. The largest absolute Gasteiger partial charge is 0.390 e. The quantitative estimate of drug-likeness (QED) is 0.773. The van der Waals surface area contributed by atoms with Gasteiger partial charge in [-0.2, -0.15) is 13.2 Å². The molecule has 0 atom stereocenters. The summed E-state index contributed by atoms with van der Waals surface area (Å²) in [6.45, 7) is 2.20. The van der Waals surface area contributed by atoms with E-state index in [0.29, 0.717) is 0 Å². The summed E-state index contributed by atoms with van der Waals surface area (Å²) in [6.07, 6.45) is -5.46.